The van der Waals surface area contributed by atoms with E-state index in [4.69, 9.17) is 13.9 Å². The smallest absolute Gasteiger partial charge is 0.337 e. The van der Waals surface area contributed by atoms with Gasteiger partial charge in [-0.2, -0.15) is 0 Å². The summed E-state index contributed by atoms with van der Waals surface area (Å²) < 4.78 is 17.7. The third-order valence-corrected chi connectivity index (χ3v) is 15.2. The van der Waals surface area contributed by atoms with Crippen molar-refractivity contribution in [3.8, 4) is 5.75 Å². The van der Waals surface area contributed by atoms with Crippen molar-refractivity contribution in [2.75, 3.05) is 20.8 Å². The normalized spacial score (nSPS) is 25.8. The van der Waals surface area contributed by atoms with Crippen LogP contribution in [0.4, 0.5) is 0 Å². The van der Waals surface area contributed by atoms with Crippen LogP contribution in [-0.2, 0) is 21.0 Å². The second-order valence-corrected chi connectivity index (χ2v) is 19.4. The fraction of sp³-hybridized carbons (Fsp3) is 0.583. The van der Waals surface area contributed by atoms with Crippen LogP contribution in [0.25, 0.3) is 5.57 Å². The minimum Gasteiger partial charge on any atom is -0.496 e. The molecule has 4 nitrogen and oxygen atoms in total. The van der Waals surface area contributed by atoms with Crippen LogP contribution in [0.1, 0.15) is 92.8 Å². The lowest BCUT2D eigenvalue weighted by Gasteiger charge is -2.57. The first kappa shape index (κ1) is 30.1. The van der Waals surface area contributed by atoms with E-state index in [0.717, 1.165) is 47.5 Å². The molecule has 0 unspecified atom stereocenters. The molecule has 5 heteroatoms. The Hall–Kier alpha value is -2.37. The number of benzene rings is 2. The molecule has 0 heterocycles. The minimum absolute atomic E-state index is 0.126. The molecule has 0 amide bonds. The van der Waals surface area contributed by atoms with Gasteiger partial charge in [0, 0.05) is 5.56 Å². The lowest BCUT2D eigenvalue weighted by molar-refractivity contribution is -0.00616. The molecule has 4 saturated carbocycles. The molecule has 4 bridgehead atoms. The highest BCUT2D eigenvalue weighted by Gasteiger charge is 2.52. The van der Waals surface area contributed by atoms with Crippen LogP contribution in [0.15, 0.2) is 48.5 Å². The van der Waals surface area contributed by atoms with Gasteiger partial charge in [-0.1, -0.05) is 51.1 Å². The Labute approximate surface area is 249 Å². The molecule has 222 valence electrons. The van der Waals surface area contributed by atoms with Crippen LogP contribution in [0.5, 0.6) is 5.75 Å². The summed E-state index contributed by atoms with van der Waals surface area (Å²) >= 11 is 0. The Balaban J connectivity index is 1.35. The molecule has 2 aromatic rings. The predicted octanol–water partition coefficient (Wildman–Crippen LogP) is 8.99. The lowest BCUT2D eigenvalue weighted by Crippen LogP contribution is -2.48. The van der Waals surface area contributed by atoms with Gasteiger partial charge in [-0.05, 0) is 128 Å². The van der Waals surface area contributed by atoms with E-state index in [1.54, 1.807) is 6.07 Å². The first-order valence-electron chi connectivity index (χ1n) is 15.6. The number of ether oxygens (including phenoxy) is 2. The van der Waals surface area contributed by atoms with Gasteiger partial charge in [-0.3, -0.25) is 0 Å². The number of hydrogen-bond acceptors (Lipinski definition) is 4. The van der Waals surface area contributed by atoms with Crippen molar-refractivity contribution in [3.63, 3.8) is 0 Å². The quantitative estimate of drug-likeness (QED) is 0.210. The minimum atomic E-state index is -1.94. The van der Waals surface area contributed by atoms with Crippen LogP contribution in [0.3, 0.4) is 0 Å². The molecule has 0 aromatic heterocycles. The molecule has 0 spiro atoms. The van der Waals surface area contributed by atoms with Crippen LogP contribution in [0.2, 0.25) is 18.1 Å². The van der Waals surface area contributed by atoms with Crippen molar-refractivity contribution >= 4 is 19.9 Å². The SMILES string of the molecule is COC(=O)c1cccc(/C(=C/CCc2ccc(C34CC5CC(CC(C5)C3)C4)c(OC)c2)CO[Si](C)(C)C(C)(C)C)c1. The standard InChI is InChI=1S/C36H50O4Si/c1-35(2,3)41(6,7)40-24-31(29-11-9-12-30(20-29)34(37)39-5)13-8-10-25-14-15-32(33(19-25)38-4)36-21-26-16-27(22-36)18-28(17-26)23-36/h9,11-15,19-20,26-28H,8,10,16-18,21-24H2,1-7H3/b31-13+. The highest BCUT2D eigenvalue weighted by Crippen LogP contribution is 2.61. The van der Waals surface area contributed by atoms with E-state index in [2.05, 4.69) is 64.2 Å². The molecule has 2 aromatic carbocycles. The van der Waals surface area contributed by atoms with Crippen LogP contribution in [-0.4, -0.2) is 35.1 Å². The molecule has 0 N–H and O–H groups in total. The molecule has 0 aliphatic heterocycles. The summed E-state index contributed by atoms with van der Waals surface area (Å²) in [6.07, 6.45) is 12.5. The van der Waals surface area contributed by atoms with Gasteiger partial charge in [0.1, 0.15) is 5.75 Å². The first-order chi connectivity index (χ1) is 19.4. The van der Waals surface area contributed by atoms with Crippen molar-refractivity contribution in [2.45, 2.75) is 95.7 Å². The maximum Gasteiger partial charge on any atom is 0.337 e. The molecule has 0 radical (unpaired) electrons. The van der Waals surface area contributed by atoms with E-state index in [-0.39, 0.29) is 11.0 Å². The molecule has 6 rings (SSSR count). The highest BCUT2D eigenvalue weighted by atomic mass is 28.4. The van der Waals surface area contributed by atoms with E-state index in [0.29, 0.717) is 17.6 Å². The van der Waals surface area contributed by atoms with E-state index in [1.807, 2.05) is 19.2 Å². The zero-order valence-electron chi connectivity index (χ0n) is 26.3. The molecule has 4 aliphatic rings. The van der Waals surface area contributed by atoms with Gasteiger partial charge in [0.05, 0.1) is 26.4 Å². The monoisotopic (exact) mass is 574 g/mol. The summed E-state index contributed by atoms with van der Waals surface area (Å²) in [4.78, 5) is 12.2. The number of carbonyl (C=O) groups excluding carboxylic acids is 1. The van der Waals surface area contributed by atoms with Gasteiger partial charge < -0.3 is 13.9 Å². The Bertz CT molecular complexity index is 1250. The molecule has 0 atom stereocenters. The molecule has 4 fully saturated rings. The number of esters is 1. The fourth-order valence-electron chi connectivity index (χ4n) is 7.88. The van der Waals surface area contributed by atoms with E-state index in [9.17, 15) is 4.79 Å². The highest BCUT2D eigenvalue weighted by molar-refractivity contribution is 6.74. The summed E-state index contributed by atoms with van der Waals surface area (Å²) in [5, 5.41) is 0.126. The predicted molar refractivity (Wildman–Crippen MR) is 170 cm³/mol. The van der Waals surface area contributed by atoms with Gasteiger partial charge >= 0.3 is 5.97 Å². The Kier molecular flexibility index (Phi) is 8.60. The molecule has 4 aliphatic carbocycles. The first-order valence-corrected chi connectivity index (χ1v) is 18.5. The molecule has 41 heavy (non-hydrogen) atoms. The third kappa shape index (κ3) is 6.36. The Morgan fingerprint density at radius 2 is 1.59 bits per heavy atom. The maximum absolute atomic E-state index is 12.2. The number of carbonyl (C=O) groups is 1. The van der Waals surface area contributed by atoms with Gasteiger partial charge in [-0.25, -0.2) is 4.79 Å². The topological polar surface area (TPSA) is 44.8 Å². The van der Waals surface area contributed by atoms with Gasteiger partial charge in [-0.15, -0.1) is 0 Å². The number of rotatable bonds is 10. The third-order valence-electron chi connectivity index (χ3n) is 10.7. The van der Waals surface area contributed by atoms with Crippen LogP contribution in [0, 0.1) is 17.8 Å². The summed E-state index contributed by atoms with van der Waals surface area (Å²) in [6.45, 7) is 11.9. The van der Waals surface area contributed by atoms with E-state index < -0.39 is 8.32 Å². The average molecular weight is 575 g/mol. The lowest BCUT2D eigenvalue weighted by atomic mass is 9.48. The summed E-state index contributed by atoms with van der Waals surface area (Å²) in [7, 11) is 1.32. The zero-order valence-corrected chi connectivity index (χ0v) is 27.3. The van der Waals surface area contributed by atoms with Crippen molar-refractivity contribution in [2.24, 2.45) is 17.8 Å². The number of methoxy groups -OCH3 is 2. The Morgan fingerprint density at radius 3 is 2.17 bits per heavy atom. The van der Waals surface area contributed by atoms with Crippen molar-refractivity contribution in [3.05, 3.63) is 70.8 Å². The summed E-state index contributed by atoms with van der Waals surface area (Å²) in [6, 6.07) is 14.8. The van der Waals surface area contributed by atoms with Gasteiger partial charge in [0.25, 0.3) is 0 Å². The molecular weight excluding hydrogens is 524 g/mol. The second-order valence-electron chi connectivity index (χ2n) is 14.6. The number of allylic oxidation sites excluding steroid dienone is 1. The zero-order chi connectivity index (χ0) is 29.4. The van der Waals surface area contributed by atoms with Crippen LogP contribution >= 0.6 is 0 Å². The fourth-order valence-corrected chi connectivity index (χ4v) is 8.83. The molecule has 0 saturated heterocycles. The summed E-state index contributed by atoms with van der Waals surface area (Å²) in [5.41, 5.74) is 5.80. The van der Waals surface area contributed by atoms with Crippen molar-refractivity contribution < 1.29 is 18.7 Å². The Morgan fingerprint density at radius 1 is 0.951 bits per heavy atom. The maximum atomic E-state index is 12.2. The van der Waals surface area contributed by atoms with Crippen molar-refractivity contribution in [1.82, 2.24) is 0 Å². The van der Waals surface area contributed by atoms with Gasteiger partial charge in [0.2, 0.25) is 0 Å². The van der Waals surface area contributed by atoms with Gasteiger partial charge in [0.15, 0.2) is 8.32 Å². The second kappa shape index (κ2) is 11.7. The summed E-state index contributed by atoms with van der Waals surface area (Å²) in [5.74, 6) is 3.52. The van der Waals surface area contributed by atoms with E-state index >= 15 is 0 Å². The van der Waals surface area contributed by atoms with Crippen molar-refractivity contribution in [1.29, 1.82) is 0 Å². The molecular formula is C36H50O4Si. The number of hydrogen-bond donors (Lipinski definition) is 0. The number of aryl methyl sites for hydroxylation is 1. The largest absolute Gasteiger partial charge is 0.496 e. The average Bonchev–Trinajstić information content (AvgIpc) is 2.93. The van der Waals surface area contributed by atoms with Crippen LogP contribution < -0.4 is 4.74 Å². The van der Waals surface area contributed by atoms with E-state index in [1.165, 1.54) is 56.8 Å².